The van der Waals surface area contributed by atoms with E-state index in [1.165, 1.54) is 0 Å². The molecular formula is C30H39N3O7S. The highest BCUT2D eigenvalue weighted by molar-refractivity contribution is 7.90. The van der Waals surface area contributed by atoms with E-state index >= 15 is 0 Å². The number of hydrogen-bond donors (Lipinski definition) is 1. The van der Waals surface area contributed by atoms with Crippen molar-refractivity contribution in [2.75, 3.05) is 39.2 Å². The molecule has 1 N–H and O–H groups in total. The molecule has 222 valence electrons. The number of sulfone groups is 1. The van der Waals surface area contributed by atoms with Gasteiger partial charge in [0.2, 0.25) is 11.7 Å². The zero-order valence-electron chi connectivity index (χ0n) is 23.7. The number of hydrogen-bond acceptors (Lipinski definition) is 9. The molecular weight excluding hydrogens is 546 g/mol. The zero-order valence-corrected chi connectivity index (χ0v) is 24.5. The standard InChI is InChI=1S/C30H39N3O7S/c1-3-9-25(28(34)30-32-24-12-7-8-13-27(24)40-30)31-29(35)26(21-41(36,37)20-22-10-5-4-6-11-22)33(16-19-38-2)23-14-17-39-18-15-23/h4-8,10-13,23,25-26H,3,9,14-21H2,1-2H3,(H,31,35)/t25-,26?/m0/s1. The van der Waals surface area contributed by atoms with Crippen LogP contribution in [0.2, 0.25) is 0 Å². The number of para-hydroxylation sites is 2. The summed E-state index contributed by atoms with van der Waals surface area (Å²) in [5.41, 5.74) is 1.68. The van der Waals surface area contributed by atoms with Crippen LogP contribution < -0.4 is 5.32 Å². The van der Waals surface area contributed by atoms with Gasteiger partial charge in [0.05, 0.1) is 24.2 Å². The van der Waals surface area contributed by atoms with Crippen LogP contribution in [0, 0.1) is 0 Å². The number of nitrogens with one attached hydrogen (secondary N) is 1. The molecule has 0 aliphatic carbocycles. The van der Waals surface area contributed by atoms with E-state index in [0.29, 0.717) is 68.7 Å². The summed E-state index contributed by atoms with van der Waals surface area (Å²) in [5.74, 6) is -1.64. The predicted molar refractivity (Wildman–Crippen MR) is 155 cm³/mol. The van der Waals surface area contributed by atoms with E-state index < -0.39 is 39.4 Å². The highest BCUT2D eigenvalue weighted by Crippen LogP contribution is 2.21. The van der Waals surface area contributed by atoms with Gasteiger partial charge in [-0.25, -0.2) is 13.4 Å². The highest BCUT2D eigenvalue weighted by Gasteiger charge is 2.38. The number of fused-ring (bicyclic) bond motifs is 1. The second kappa shape index (κ2) is 14.7. The lowest BCUT2D eigenvalue weighted by Crippen LogP contribution is -2.58. The van der Waals surface area contributed by atoms with Crippen LogP contribution in [0.4, 0.5) is 0 Å². The Morgan fingerprint density at radius 1 is 1.10 bits per heavy atom. The maximum Gasteiger partial charge on any atom is 0.266 e. The number of benzene rings is 2. The average Bonchev–Trinajstić information content (AvgIpc) is 3.41. The topological polar surface area (TPSA) is 128 Å². The number of methoxy groups -OCH3 is 1. The highest BCUT2D eigenvalue weighted by atomic mass is 32.2. The number of nitrogens with zero attached hydrogens (tertiary/aromatic N) is 2. The van der Waals surface area contributed by atoms with E-state index in [1.54, 1.807) is 55.6 Å². The van der Waals surface area contributed by atoms with Crippen molar-refractivity contribution in [3.63, 3.8) is 0 Å². The molecule has 0 radical (unpaired) electrons. The maximum atomic E-state index is 14.0. The first-order chi connectivity index (χ1) is 19.8. The molecule has 2 aromatic carbocycles. The van der Waals surface area contributed by atoms with Crippen LogP contribution in [0.15, 0.2) is 59.0 Å². The smallest absolute Gasteiger partial charge is 0.266 e. The molecule has 41 heavy (non-hydrogen) atoms. The Balaban J connectivity index is 1.62. The average molecular weight is 586 g/mol. The number of amides is 1. The number of carbonyl (C=O) groups is 2. The van der Waals surface area contributed by atoms with Crippen molar-refractivity contribution in [2.45, 2.75) is 56.5 Å². The summed E-state index contributed by atoms with van der Waals surface area (Å²) in [6, 6.07) is 14.0. The lowest BCUT2D eigenvalue weighted by molar-refractivity contribution is -0.128. The number of carbonyl (C=O) groups excluding carboxylic acids is 2. The van der Waals surface area contributed by atoms with E-state index in [1.807, 2.05) is 17.9 Å². The van der Waals surface area contributed by atoms with Gasteiger partial charge in [-0.2, -0.15) is 0 Å². The van der Waals surface area contributed by atoms with Gasteiger partial charge in [0.1, 0.15) is 11.6 Å². The molecule has 1 aliphatic heterocycles. The summed E-state index contributed by atoms with van der Waals surface area (Å²) in [6.07, 6.45) is 2.28. The normalized spacial score (nSPS) is 16.1. The molecule has 3 aromatic rings. The molecule has 0 saturated carbocycles. The lowest BCUT2D eigenvalue weighted by atomic mass is 10.0. The van der Waals surface area contributed by atoms with Gasteiger partial charge in [0, 0.05) is 32.9 Å². The van der Waals surface area contributed by atoms with Crippen molar-refractivity contribution in [3.8, 4) is 0 Å². The molecule has 1 aromatic heterocycles. The van der Waals surface area contributed by atoms with Gasteiger partial charge in [-0.1, -0.05) is 55.8 Å². The van der Waals surface area contributed by atoms with Crippen LogP contribution in [0.1, 0.15) is 48.9 Å². The van der Waals surface area contributed by atoms with Gasteiger partial charge in [0.25, 0.3) is 5.89 Å². The summed E-state index contributed by atoms with van der Waals surface area (Å²) in [4.78, 5) is 33.7. The second-order valence-corrected chi connectivity index (χ2v) is 12.4. The molecule has 1 unspecified atom stereocenters. The van der Waals surface area contributed by atoms with E-state index in [4.69, 9.17) is 13.9 Å². The van der Waals surface area contributed by atoms with Gasteiger partial charge in [-0.15, -0.1) is 0 Å². The molecule has 4 rings (SSSR count). The molecule has 1 aliphatic rings. The second-order valence-electron chi connectivity index (χ2n) is 10.3. The van der Waals surface area contributed by atoms with Crippen LogP contribution in [-0.4, -0.2) is 87.3 Å². The monoisotopic (exact) mass is 585 g/mol. The molecule has 1 amide bonds. The van der Waals surface area contributed by atoms with Crippen LogP contribution >= 0.6 is 0 Å². The van der Waals surface area contributed by atoms with Crippen molar-refractivity contribution in [1.29, 1.82) is 0 Å². The third-order valence-electron chi connectivity index (χ3n) is 7.27. The molecule has 2 heterocycles. The summed E-state index contributed by atoms with van der Waals surface area (Å²) in [7, 11) is -2.15. The Labute approximate surface area is 241 Å². The molecule has 2 atom stereocenters. The predicted octanol–water partition coefficient (Wildman–Crippen LogP) is 3.41. The third kappa shape index (κ3) is 8.45. The van der Waals surface area contributed by atoms with Gasteiger partial charge in [-0.3, -0.25) is 14.5 Å². The molecule has 0 bridgehead atoms. The fourth-order valence-electron chi connectivity index (χ4n) is 5.21. The minimum Gasteiger partial charge on any atom is -0.434 e. The summed E-state index contributed by atoms with van der Waals surface area (Å²) in [6.45, 7) is 3.63. The fraction of sp³-hybridized carbons (Fsp3) is 0.500. The Hall–Kier alpha value is -3.12. The molecule has 1 fully saturated rings. The van der Waals surface area contributed by atoms with E-state index in [-0.39, 0.29) is 17.7 Å². The van der Waals surface area contributed by atoms with Crippen molar-refractivity contribution >= 4 is 32.6 Å². The van der Waals surface area contributed by atoms with Crippen molar-refractivity contribution in [2.24, 2.45) is 0 Å². The number of rotatable bonds is 15. The number of ketones is 1. The van der Waals surface area contributed by atoms with E-state index in [9.17, 15) is 18.0 Å². The number of ether oxygens (including phenoxy) is 2. The number of Topliss-reactive ketones (excluding diaryl/α,β-unsaturated/α-hetero) is 1. The Bertz CT molecular complexity index is 1350. The minimum absolute atomic E-state index is 0.0704. The molecule has 1 saturated heterocycles. The van der Waals surface area contributed by atoms with Crippen molar-refractivity contribution in [1.82, 2.24) is 15.2 Å². The molecule has 10 nitrogen and oxygen atoms in total. The van der Waals surface area contributed by atoms with Crippen molar-refractivity contribution in [3.05, 3.63) is 66.1 Å². The third-order valence-corrected chi connectivity index (χ3v) is 8.87. The largest absolute Gasteiger partial charge is 0.434 e. The van der Waals surface area contributed by atoms with Gasteiger partial charge in [-0.05, 0) is 37.0 Å². The van der Waals surface area contributed by atoms with Crippen LogP contribution in [0.5, 0.6) is 0 Å². The zero-order chi connectivity index (χ0) is 29.2. The van der Waals surface area contributed by atoms with Crippen LogP contribution in [0.25, 0.3) is 11.1 Å². The first-order valence-electron chi connectivity index (χ1n) is 14.1. The van der Waals surface area contributed by atoms with E-state index in [0.717, 1.165) is 0 Å². The van der Waals surface area contributed by atoms with Crippen LogP contribution in [0.3, 0.4) is 0 Å². The summed E-state index contributed by atoms with van der Waals surface area (Å²) >= 11 is 0. The molecule has 0 spiro atoms. The SMILES string of the molecule is CCC[C@H](NC(=O)C(CS(=O)(=O)Cc1ccccc1)N(CCOC)C1CCOCC1)C(=O)c1nc2ccccc2o1. The lowest BCUT2D eigenvalue weighted by Gasteiger charge is -2.39. The number of oxazole rings is 1. The van der Waals surface area contributed by atoms with E-state index in [2.05, 4.69) is 10.3 Å². The first kappa shape index (κ1) is 30.8. The minimum atomic E-state index is -3.72. The van der Waals surface area contributed by atoms with Crippen LogP contribution in [-0.2, 0) is 29.9 Å². The van der Waals surface area contributed by atoms with Gasteiger partial charge >= 0.3 is 0 Å². The van der Waals surface area contributed by atoms with Gasteiger partial charge < -0.3 is 19.2 Å². The Morgan fingerprint density at radius 2 is 1.80 bits per heavy atom. The molecule has 11 heteroatoms. The maximum absolute atomic E-state index is 14.0. The Morgan fingerprint density at radius 3 is 2.49 bits per heavy atom. The Kier molecular flexibility index (Phi) is 11.0. The summed E-state index contributed by atoms with van der Waals surface area (Å²) < 4.78 is 43.5. The quantitative estimate of drug-likeness (QED) is 0.267. The van der Waals surface area contributed by atoms with Gasteiger partial charge in [0.15, 0.2) is 15.4 Å². The summed E-state index contributed by atoms with van der Waals surface area (Å²) in [5, 5.41) is 2.88. The first-order valence-corrected chi connectivity index (χ1v) is 15.9. The fourth-order valence-corrected chi connectivity index (χ4v) is 6.85. The number of aromatic nitrogens is 1. The van der Waals surface area contributed by atoms with Crippen molar-refractivity contribution < 1.29 is 31.9 Å².